The van der Waals surface area contributed by atoms with Crippen LogP contribution in [0.1, 0.15) is 59.3 Å². The third-order valence-corrected chi connectivity index (χ3v) is 3.98. The molecular weight excluding hydrogens is 268 g/mol. The van der Waals surface area contributed by atoms with Gasteiger partial charge in [-0.2, -0.15) is 0 Å². The summed E-state index contributed by atoms with van der Waals surface area (Å²) in [7, 11) is 0. The minimum absolute atomic E-state index is 0.768. The lowest BCUT2D eigenvalue weighted by molar-refractivity contribution is 0.112. The molecule has 2 aromatic rings. The second-order valence-electron chi connectivity index (χ2n) is 6.02. The number of hydrogen-bond donors (Lipinski definition) is 0. The summed E-state index contributed by atoms with van der Waals surface area (Å²) in [6, 6.07) is 15.0. The van der Waals surface area contributed by atoms with Gasteiger partial charge in [0, 0.05) is 5.56 Å². The summed E-state index contributed by atoms with van der Waals surface area (Å²) in [6.07, 6.45) is 7.65. The van der Waals surface area contributed by atoms with Gasteiger partial charge in [-0.25, -0.2) is 0 Å². The third-order valence-electron chi connectivity index (χ3n) is 3.98. The summed E-state index contributed by atoms with van der Waals surface area (Å²) in [5, 5.41) is 0. The fourth-order valence-corrected chi connectivity index (χ4v) is 2.96. The van der Waals surface area contributed by atoms with Crippen LogP contribution in [0.2, 0.25) is 0 Å². The molecule has 0 unspecified atom stereocenters. The van der Waals surface area contributed by atoms with Crippen LogP contribution in [0.5, 0.6) is 0 Å². The molecule has 2 rings (SSSR count). The van der Waals surface area contributed by atoms with Crippen LogP contribution in [0.25, 0.3) is 0 Å². The quantitative estimate of drug-likeness (QED) is 0.612. The van der Waals surface area contributed by atoms with Gasteiger partial charge in [0.15, 0.2) is 0 Å². The van der Waals surface area contributed by atoms with Gasteiger partial charge in [0.1, 0.15) is 6.29 Å². The highest BCUT2D eigenvalue weighted by atomic mass is 16.1. The van der Waals surface area contributed by atoms with Crippen molar-refractivity contribution in [3.05, 3.63) is 70.3 Å². The highest BCUT2D eigenvalue weighted by Crippen LogP contribution is 2.16. The molecule has 0 N–H and O–H groups in total. The van der Waals surface area contributed by atoms with Crippen molar-refractivity contribution >= 4 is 6.29 Å². The molecule has 1 heteroatoms. The molecule has 0 fully saturated rings. The summed E-state index contributed by atoms with van der Waals surface area (Å²) in [6.45, 7) is 4.47. The second-order valence-corrected chi connectivity index (χ2v) is 6.02. The smallest absolute Gasteiger partial charge is 0.150 e. The monoisotopic (exact) mass is 294 g/mol. The van der Waals surface area contributed by atoms with E-state index in [1.165, 1.54) is 35.1 Å². The summed E-state index contributed by atoms with van der Waals surface area (Å²) in [5.74, 6) is 0. The Labute approximate surface area is 134 Å². The van der Waals surface area contributed by atoms with E-state index in [0.717, 1.165) is 37.5 Å². The normalized spacial score (nSPS) is 10.6. The van der Waals surface area contributed by atoms with Gasteiger partial charge in [-0.3, -0.25) is 4.79 Å². The first-order valence-corrected chi connectivity index (χ1v) is 8.41. The highest BCUT2D eigenvalue weighted by Gasteiger charge is 2.03. The average molecular weight is 294 g/mol. The van der Waals surface area contributed by atoms with Gasteiger partial charge in [-0.05, 0) is 54.0 Å². The van der Waals surface area contributed by atoms with Crippen LogP contribution in [-0.2, 0) is 25.7 Å². The summed E-state index contributed by atoms with van der Waals surface area (Å²) in [4.78, 5) is 10.9. The molecule has 0 atom stereocenters. The first-order chi connectivity index (χ1) is 10.7. The molecule has 0 bridgehead atoms. The van der Waals surface area contributed by atoms with Crippen LogP contribution in [0, 0.1) is 0 Å². The number of rotatable bonds is 8. The molecular formula is C21H26O. The molecule has 0 aliphatic carbocycles. The molecule has 0 radical (unpaired) electrons. The van der Waals surface area contributed by atoms with Gasteiger partial charge in [0.2, 0.25) is 0 Å². The van der Waals surface area contributed by atoms with Crippen LogP contribution < -0.4 is 0 Å². The van der Waals surface area contributed by atoms with Crippen molar-refractivity contribution in [2.45, 2.75) is 52.4 Å². The molecule has 116 valence electrons. The Morgan fingerprint density at radius 1 is 0.727 bits per heavy atom. The van der Waals surface area contributed by atoms with Crippen LogP contribution in [0.4, 0.5) is 0 Å². The van der Waals surface area contributed by atoms with Crippen molar-refractivity contribution in [1.29, 1.82) is 0 Å². The molecule has 1 nitrogen and oxygen atoms in total. The van der Waals surface area contributed by atoms with Gasteiger partial charge >= 0.3 is 0 Å². The van der Waals surface area contributed by atoms with E-state index < -0.39 is 0 Å². The molecule has 0 spiro atoms. The zero-order valence-corrected chi connectivity index (χ0v) is 13.8. The van der Waals surface area contributed by atoms with Crippen LogP contribution in [0.3, 0.4) is 0 Å². The minimum atomic E-state index is 0.768. The maximum Gasteiger partial charge on any atom is 0.150 e. The number of aryl methyl sites for hydroxylation is 4. The largest absolute Gasteiger partial charge is 0.298 e. The lowest BCUT2D eigenvalue weighted by Gasteiger charge is -2.09. The molecule has 0 aromatic heterocycles. The predicted octanol–water partition coefficient (Wildman–Crippen LogP) is 5.19. The van der Waals surface area contributed by atoms with E-state index in [9.17, 15) is 4.79 Å². The molecule has 0 heterocycles. The first kappa shape index (κ1) is 16.5. The van der Waals surface area contributed by atoms with Crippen molar-refractivity contribution in [3.8, 4) is 0 Å². The number of carbonyl (C=O) groups is 1. The van der Waals surface area contributed by atoms with E-state index in [2.05, 4.69) is 38.1 Å². The lowest BCUT2D eigenvalue weighted by atomic mass is 9.96. The molecule has 0 aliphatic rings. The lowest BCUT2D eigenvalue weighted by Crippen LogP contribution is -1.97. The minimum Gasteiger partial charge on any atom is -0.298 e. The predicted molar refractivity (Wildman–Crippen MR) is 93.7 cm³/mol. The zero-order valence-electron chi connectivity index (χ0n) is 13.8. The Morgan fingerprint density at radius 3 is 1.82 bits per heavy atom. The number of aldehydes is 1. The van der Waals surface area contributed by atoms with Gasteiger partial charge in [0.05, 0.1) is 0 Å². The molecule has 0 saturated heterocycles. The topological polar surface area (TPSA) is 17.1 Å². The Bertz CT molecular complexity index is 589. The van der Waals surface area contributed by atoms with Crippen molar-refractivity contribution < 1.29 is 4.79 Å². The maximum atomic E-state index is 10.9. The molecule has 22 heavy (non-hydrogen) atoms. The van der Waals surface area contributed by atoms with Gasteiger partial charge in [-0.15, -0.1) is 0 Å². The Kier molecular flexibility index (Phi) is 6.39. The molecule has 0 saturated carbocycles. The Balaban J connectivity index is 2.11. The summed E-state index contributed by atoms with van der Waals surface area (Å²) >= 11 is 0. The maximum absolute atomic E-state index is 10.9. The molecule has 0 aliphatic heterocycles. The van der Waals surface area contributed by atoms with Crippen LogP contribution >= 0.6 is 0 Å². The van der Waals surface area contributed by atoms with E-state index in [0.29, 0.717) is 0 Å². The van der Waals surface area contributed by atoms with Crippen molar-refractivity contribution in [3.63, 3.8) is 0 Å². The van der Waals surface area contributed by atoms with Crippen molar-refractivity contribution in [1.82, 2.24) is 0 Å². The van der Waals surface area contributed by atoms with E-state index in [4.69, 9.17) is 0 Å². The van der Waals surface area contributed by atoms with Crippen LogP contribution in [-0.4, -0.2) is 6.29 Å². The third kappa shape index (κ3) is 4.84. The fraction of sp³-hybridized carbons (Fsp3) is 0.381. The van der Waals surface area contributed by atoms with E-state index in [1.54, 1.807) is 0 Å². The highest BCUT2D eigenvalue weighted by molar-refractivity contribution is 5.74. The SMILES string of the molecule is CCCc1cc(CCC)cc(CCc2cccc(C=O)c2)c1. The van der Waals surface area contributed by atoms with Gasteiger partial charge in [0.25, 0.3) is 0 Å². The molecule has 2 aromatic carbocycles. The van der Waals surface area contributed by atoms with E-state index in [1.807, 2.05) is 18.2 Å². The Morgan fingerprint density at radius 2 is 1.27 bits per heavy atom. The Hall–Kier alpha value is -1.89. The second kappa shape index (κ2) is 8.53. The number of benzene rings is 2. The summed E-state index contributed by atoms with van der Waals surface area (Å²) in [5.41, 5.74) is 6.35. The van der Waals surface area contributed by atoms with Crippen molar-refractivity contribution in [2.75, 3.05) is 0 Å². The molecule has 0 amide bonds. The van der Waals surface area contributed by atoms with E-state index in [-0.39, 0.29) is 0 Å². The summed E-state index contributed by atoms with van der Waals surface area (Å²) < 4.78 is 0. The zero-order chi connectivity index (χ0) is 15.8. The fourth-order valence-electron chi connectivity index (χ4n) is 2.96. The van der Waals surface area contributed by atoms with Gasteiger partial charge in [-0.1, -0.05) is 63.1 Å². The number of hydrogen-bond acceptors (Lipinski definition) is 1. The standard InChI is InChI=1S/C21H26O/c1-3-6-18-13-19(7-4-2)15-20(14-18)11-10-17-8-5-9-21(12-17)16-22/h5,8-9,12-16H,3-4,6-7,10-11H2,1-2H3. The first-order valence-electron chi connectivity index (χ1n) is 8.41. The number of carbonyl (C=O) groups excluding carboxylic acids is 1. The average Bonchev–Trinajstić information content (AvgIpc) is 2.54. The van der Waals surface area contributed by atoms with Crippen molar-refractivity contribution in [2.24, 2.45) is 0 Å². The van der Waals surface area contributed by atoms with Crippen LogP contribution in [0.15, 0.2) is 42.5 Å². The van der Waals surface area contributed by atoms with Gasteiger partial charge < -0.3 is 0 Å². The van der Waals surface area contributed by atoms with E-state index >= 15 is 0 Å².